The maximum Gasteiger partial charge on any atom is 0.324 e. The number of rotatable bonds is 6. The van der Waals surface area contributed by atoms with Crippen molar-refractivity contribution in [1.29, 1.82) is 0 Å². The summed E-state index contributed by atoms with van der Waals surface area (Å²) in [4.78, 5) is 25.6. The van der Waals surface area contributed by atoms with E-state index in [1.54, 1.807) is 38.5 Å². The molecule has 2 heterocycles. The standard InChI is InChI=1S/C23H26N6O3/c1-31-18-8-9-20(32-2)19(14-18)26-23(30)27-21-15-22(25-16-24-21)29-12-10-28(11-13-29)17-6-4-3-5-7-17/h3-9,14-16H,10-13H2,1-2H3,(H2,24,25,26,27,30). The highest BCUT2D eigenvalue weighted by Crippen LogP contribution is 2.29. The molecule has 0 bridgehead atoms. The predicted molar refractivity (Wildman–Crippen MR) is 125 cm³/mol. The van der Waals surface area contributed by atoms with Gasteiger partial charge in [-0.25, -0.2) is 14.8 Å². The average molecular weight is 435 g/mol. The number of hydrogen-bond donors (Lipinski definition) is 2. The summed E-state index contributed by atoms with van der Waals surface area (Å²) < 4.78 is 10.5. The Kier molecular flexibility index (Phi) is 6.54. The topological polar surface area (TPSA) is 91.9 Å². The van der Waals surface area contributed by atoms with Crippen LogP contribution in [-0.4, -0.2) is 56.4 Å². The number of ether oxygens (including phenoxy) is 2. The van der Waals surface area contributed by atoms with Gasteiger partial charge in [-0.05, 0) is 24.3 Å². The third-order valence-corrected chi connectivity index (χ3v) is 5.27. The lowest BCUT2D eigenvalue weighted by Gasteiger charge is -2.36. The summed E-state index contributed by atoms with van der Waals surface area (Å²) >= 11 is 0. The zero-order valence-corrected chi connectivity index (χ0v) is 18.1. The van der Waals surface area contributed by atoms with E-state index in [0.29, 0.717) is 23.0 Å². The zero-order valence-electron chi connectivity index (χ0n) is 18.1. The maximum atomic E-state index is 12.5. The Morgan fingerprint density at radius 2 is 1.62 bits per heavy atom. The molecule has 0 radical (unpaired) electrons. The molecule has 32 heavy (non-hydrogen) atoms. The van der Waals surface area contributed by atoms with E-state index in [1.165, 1.54) is 12.0 Å². The fourth-order valence-corrected chi connectivity index (χ4v) is 3.60. The SMILES string of the molecule is COc1ccc(OC)c(NC(=O)Nc2cc(N3CCN(c4ccccc4)CC3)ncn2)c1. The van der Waals surface area contributed by atoms with Gasteiger partial charge in [0.2, 0.25) is 0 Å². The highest BCUT2D eigenvalue weighted by atomic mass is 16.5. The Hall–Kier alpha value is -4.01. The average Bonchev–Trinajstić information content (AvgIpc) is 2.84. The van der Waals surface area contributed by atoms with Crippen LogP contribution in [0.15, 0.2) is 60.9 Å². The molecule has 1 saturated heterocycles. The van der Waals surface area contributed by atoms with Crippen molar-refractivity contribution < 1.29 is 14.3 Å². The van der Waals surface area contributed by atoms with Crippen LogP contribution in [0, 0.1) is 0 Å². The van der Waals surface area contributed by atoms with Crippen LogP contribution in [0.5, 0.6) is 11.5 Å². The Morgan fingerprint density at radius 1 is 0.875 bits per heavy atom. The third-order valence-electron chi connectivity index (χ3n) is 5.27. The molecule has 9 nitrogen and oxygen atoms in total. The van der Waals surface area contributed by atoms with Crippen LogP contribution in [0.3, 0.4) is 0 Å². The van der Waals surface area contributed by atoms with E-state index in [9.17, 15) is 4.79 Å². The molecule has 0 saturated carbocycles. The van der Waals surface area contributed by atoms with E-state index < -0.39 is 6.03 Å². The fraction of sp³-hybridized carbons (Fsp3) is 0.261. The maximum absolute atomic E-state index is 12.5. The minimum Gasteiger partial charge on any atom is -0.497 e. The van der Waals surface area contributed by atoms with Crippen LogP contribution in [0.1, 0.15) is 0 Å². The molecule has 2 N–H and O–H groups in total. The van der Waals surface area contributed by atoms with Crippen LogP contribution in [0.25, 0.3) is 0 Å². The highest BCUT2D eigenvalue weighted by molar-refractivity contribution is 6.00. The molecule has 0 spiro atoms. The normalized spacial score (nSPS) is 13.4. The quantitative estimate of drug-likeness (QED) is 0.614. The van der Waals surface area contributed by atoms with E-state index in [4.69, 9.17) is 9.47 Å². The summed E-state index contributed by atoms with van der Waals surface area (Å²) in [6.07, 6.45) is 1.46. The molecule has 2 amide bonds. The van der Waals surface area contributed by atoms with Gasteiger partial charge in [0, 0.05) is 44.0 Å². The molecule has 0 aliphatic carbocycles. The van der Waals surface area contributed by atoms with Crippen molar-refractivity contribution in [3.05, 3.63) is 60.9 Å². The summed E-state index contributed by atoms with van der Waals surface area (Å²) in [6.45, 7) is 3.46. The van der Waals surface area contributed by atoms with Crippen molar-refractivity contribution in [3.8, 4) is 11.5 Å². The van der Waals surface area contributed by atoms with Gasteiger partial charge in [-0.15, -0.1) is 0 Å². The van der Waals surface area contributed by atoms with Crippen LogP contribution >= 0.6 is 0 Å². The number of hydrogen-bond acceptors (Lipinski definition) is 7. The summed E-state index contributed by atoms with van der Waals surface area (Å²) in [6, 6.07) is 16.9. The van der Waals surface area contributed by atoms with Crippen LogP contribution in [-0.2, 0) is 0 Å². The minimum absolute atomic E-state index is 0.417. The molecule has 0 atom stereocenters. The fourth-order valence-electron chi connectivity index (χ4n) is 3.60. The summed E-state index contributed by atoms with van der Waals surface area (Å²) in [5, 5.41) is 5.53. The van der Waals surface area contributed by atoms with E-state index in [1.807, 2.05) is 6.07 Å². The molecular weight excluding hydrogens is 408 g/mol. The number of amides is 2. The number of aromatic nitrogens is 2. The van der Waals surface area contributed by atoms with Gasteiger partial charge >= 0.3 is 6.03 Å². The van der Waals surface area contributed by atoms with Gasteiger partial charge in [0.1, 0.15) is 29.5 Å². The second-order valence-corrected chi connectivity index (χ2v) is 7.22. The van der Waals surface area contributed by atoms with Gasteiger partial charge in [-0.3, -0.25) is 5.32 Å². The van der Waals surface area contributed by atoms with Gasteiger partial charge in [-0.2, -0.15) is 0 Å². The van der Waals surface area contributed by atoms with Crippen molar-refractivity contribution in [1.82, 2.24) is 9.97 Å². The lowest BCUT2D eigenvalue weighted by molar-refractivity contribution is 0.262. The first-order chi connectivity index (χ1) is 15.7. The Labute approximate surface area is 187 Å². The molecule has 4 rings (SSSR count). The van der Waals surface area contributed by atoms with Gasteiger partial charge in [-0.1, -0.05) is 18.2 Å². The van der Waals surface area contributed by atoms with E-state index >= 15 is 0 Å². The highest BCUT2D eigenvalue weighted by Gasteiger charge is 2.19. The monoisotopic (exact) mass is 434 g/mol. The molecule has 166 valence electrons. The number of carbonyl (C=O) groups excluding carboxylic acids is 1. The smallest absolute Gasteiger partial charge is 0.324 e. The first-order valence-electron chi connectivity index (χ1n) is 10.3. The van der Waals surface area contributed by atoms with Gasteiger partial charge < -0.3 is 24.6 Å². The predicted octanol–water partition coefficient (Wildman–Crippen LogP) is 3.46. The van der Waals surface area contributed by atoms with Gasteiger partial charge in [0.25, 0.3) is 0 Å². The van der Waals surface area contributed by atoms with Crippen LogP contribution in [0.2, 0.25) is 0 Å². The van der Waals surface area contributed by atoms with Crippen molar-refractivity contribution in [2.75, 3.05) is 60.8 Å². The summed E-state index contributed by atoms with van der Waals surface area (Å²) in [5.74, 6) is 2.34. The van der Waals surface area contributed by atoms with Crippen molar-refractivity contribution >= 4 is 29.0 Å². The van der Waals surface area contributed by atoms with E-state index in [2.05, 4.69) is 54.7 Å². The lowest BCUT2D eigenvalue weighted by atomic mass is 10.2. The van der Waals surface area contributed by atoms with Gasteiger partial charge in [0.05, 0.1) is 19.9 Å². The number of carbonyl (C=O) groups is 1. The largest absolute Gasteiger partial charge is 0.497 e. The third kappa shape index (κ3) is 5.00. The first kappa shape index (κ1) is 21.2. The number of para-hydroxylation sites is 1. The molecule has 1 fully saturated rings. The molecular formula is C23H26N6O3. The second-order valence-electron chi connectivity index (χ2n) is 7.22. The summed E-state index contributed by atoms with van der Waals surface area (Å²) in [5.41, 5.74) is 1.72. The Morgan fingerprint density at radius 3 is 2.34 bits per heavy atom. The molecule has 3 aromatic rings. The number of nitrogens with one attached hydrogen (secondary N) is 2. The first-order valence-corrected chi connectivity index (χ1v) is 10.3. The number of benzene rings is 2. The van der Waals surface area contributed by atoms with E-state index in [-0.39, 0.29) is 0 Å². The number of nitrogens with zero attached hydrogens (tertiary/aromatic N) is 4. The number of methoxy groups -OCH3 is 2. The van der Waals surface area contributed by atoms with E-state index in [0.717, 1.165) is 32.0 Å². The number of piperazine rings is 1. The molecule has 0 unspecified atom stereocenters. The lowest BCUT2D eigenvalue weighted by Crippen LogP contribution is -2.46. The molecule has 9 heteroatoms. The Balaban J connectivity index is 1.38. The molecule has 1 aliphatic heterocycles. The zero-order chi connectivity index (χ0) is 22.3. The van der Waals surface area contributed by atoms with Crippen LogP contribution in [0.4, 0.5) is 27.8 Å². The van der Waals surface area contributed by atoms with Gasteiger partial charge in [0.15, 0.2) is 0 Å². The van der Waals surface area contributed by atoms with Crippen LogP contribution < -0.4 is 29.9 Å². The number of anilines is 4. The summed E-state index contributed by atoms with van der Waals surface area (Å²) in [7, 11) is 3.10. The minimum atomic E-state index is -0.435. The van der Waals surface area contributed by atoms with Crippen molar-refractivity contribution in [3.63, 3.8) is 0 Å². The van der Waals surface area contributed by atoms with Crippen molar-refractivity contribution in [2.24, 2.45) is 0 Å². The van der Waals surface area contributed by atoms with Crippen molar-refractivity contribution in [2.45, 2.75) is 0 Å². The molecule has 2 aromatic carbocycles. The number of urea groups is 1. The second kappa shape index (κ2) is 9.86. The molecule has 1 aliphatic rings. The molecule has 1 aromatic heterocycles. The Bertz CT molecular complexity index is 1050.